The van der Waals surface area contributed by atoms with E-state index in [2.05, 4.69) is 4.72 Å². The molecule has 0 bridgehead atoms. The van der Waals surface area contributed by atoms with Gasteiger partial charge >= 0.3 is 0 Å². The summed E-state index contributed by atoms with van der Waals surface area (Å²) in [6, 6.07) is 8.81. The molecule has 5 nitrogen and oxygen atoms in total. The Morgan fingerprint density at radius 1 is 1.30 bits per heavy atom. The second kappa shape index (κ2) is 5.98. The molecule has 0 atom stereocenters. The van der Waals surface area contributed by atoms with Crippen molar-refractivity contribution in [3.05, 3.63) is 40.8 Å². The first-order valence-corrected chi connectivity index (χ1v) is 9.73. The molecule has 23 heavy (non-hydrogen) atoms. The van der Waals surface area contributed by atoms with Gasteiger partial charge in [-0.25, -0.2) is 8.42 Å². The first kappa shape index (κ1) is 16.0. The Morgan fingerprint density at radius 2 is 2.09 bits per heavy atom. The molecule has 1 aromatic heterocycles. The number of nitrogens with zero attached hydrogens (tertiary/aromatic N) is 1. The number of aryl methyl sites for hydroxylation is 1. The van der Waals surface area contributed by atoms with Gasteiger partial charge in [-0.3, -0.25) is 9.52 Å². The van der Waals surface area contributed by atoms with Crippen LogP contribution in [-0.4, -0.2) is 20.9 Å². The lowest BCUT2D eigenvalue weighted by Gasteiger charge is -2.16. The Bertz CT molecular complexity index is 856. The fraction of sp³-hybridized carbons (Fsp3) is 0.312. The number of sulfonamides is 1. The van der Waals surface area contributed by atoms with Crippen LogP contribution in [0.3, 0.4) is 0 Å². The van der Waals surface area contributed by atoms with E-state index in [4.69, 9.17) is 0 Å². The van der Waals surface area contributed by atoms with Crippen LogP contribution in [0.1, 0.15) is 24.3 Å². The average molecular weight is 350 g/mol. The summed E-state index contributed by atoms with van der Waals surface area (Å²) in [5.41, 5.74) is 2.33. The van der Waals surface area contributed by atoms with Crippen LogP contribution in [0.15, 0.2) is 34.5 Å². The highest BCUT2D eigenvalue weighted by Gasteiger charge is 2.23. The molecule has 2 aromatic rings. The standard InChI is InChI=1S/C16H18N2O3S2/c1-3-14-6-7-16(22-14)23(20,21)17-13-5-4-12-8-9-18(11(2)19)15(12)10-13/h4-7,10,17H,3,8-9H2,1-2H3. The topological polar surface area (TPSA) is 66.5 Å². The predicted octanol–water partition coefficient (Wildman–Crippen LogP) is 3.02. The van der Waals surface area contributed by atoms with Crippen LogP contribution >= 0.6 is 11.3 Å². The predicted molar refractivity (Wildman–Crippen MR) is 92.7 cm³/mol. The van der Waals surface area contributed by atoms with Gasteiger partial charge in [0.05, 0.1) is 5.69 Å². The third-order valence-electron chi connectivity index (χ3n) is 3.86. The van der Waals surface area contributed by atoms with E-state index >= 15 is 0 Å². The van der Waals surface area contributed by atoms with Gasteiger partial charge in [0.15, 0.2) is 0 Å². The molecular formula is C16H18N2O3S2. The quantitative estimate of drug-likeness (QED) is 0.922. The molecule has 0 fully saturated rings. The number of hydrogen-bond donors (Lipinski definition) is 1. The Labute approximate surface area is 140 Å². The first-order chi connectivity index (χ1) is 10.9. The maximum absolute atomic E-state index is 12.5. The molecule has 0 aliphatic carbocycles. The summed E-state index contributed by atoms with van der Waals surface area (Å²) in [6.07, 6.45) is 1.61. The van der Waals surface area contributed by atoms with Gasteiger partial charge in [0.1, 0.15) is 4.21 Å². The number of benzene rings is 1. The van der Waals surface area contributed by atoms with E-state index in [1.165, 1.54) is 18.3 Å². The fourth-order valence-corrected chi connectivity index (χ4v) is 5.01. The molecule has 1 aliphatic heterocycles. The van der Waals surface area contributed by atoms with Crippen molar-refractivity contribution >= 4 is 38.6 Å². The lowest BCUT2D eigenvalue weighted by molar-refractivity contribution is -0.116. The lowest BCUT2D eigenvalue weighted by atomic mass is 10.1. The summed E-state index contributed by atoms with van der Waals surface area (Å²) in [4.78, 5) is 14.4. The SMILES string of the molecule is CCc1ccc(S(=O)(=O)Nc2ccc3c(c2)N(C(C)=O)CC3)s1. The molecule has 0 radical (unpaired) electrons. The van der Waals surface area contributed by atoms with E-state index in [0.29, 0.717) is 16.4 Å². The molecule has 0 saturated carbocycles. The summed E-state index contributed by atoms with van der Waals surface area (Å²) >= 11 is 1.27. The van der Waals surface area contributed by atoms with Crippen molar-refractivity contribution in [3.8, 4) is 0 Å². The zero-order valence-electron chi connectivity index (χ0n) is 13.0. The highest BCUT2D eigenvalue weighted by molar-refractivity contribution is 7.94. The van der Waals surface area contributed by atoms with Crippen LogP contribution in [0.25, 0.3) is 0 Å². The molecule has 122 valence electrons. The molecule has 0 saturated heterocycles. The summed E-state index contributed by atoms with van der Waals surface area (Å²) < 4.78 is 27.8. The molecular weight excluding hydrogens is 332 g/mol. The Hall–Kier alpha value is -1.86. The van der Waals surface area contributed by atoms with Gasteiger partial charge in [0, 0.05) is 24.0 Å². The van der Waals surface area contributed by atoms with Gasteiger partial charge in [-0.05, 0) is 42.7 Å². The van der Waals surface area contributed by atoms with Gasteiger partial charge in [-0.2, -0.15) is 0 Å². The Kier molecular flexibility index (Phi) is 4.16. The Balaban J connectivity index is 1.89. The number of nitrogens with one attached hydrogen (secondary N) is 1. The maximum atomic E-state index is 12.5. The zero-order chi connectivity index (χ0) is 16.6. The van der Waals surface area contributed by atoms with E-state index in [1.807, 2.05) is 19.1 Å². The number of hydrogen-bond acceptors (Lipinski definition) is 4. The van der Waals surface area contributed by atoms with Gasteiger partial charge in [0.2, 0.25) is 5.91 Å². The van der Waals surface area contributed by atoms with Gasteiger partial charge in [-0.1, -0.05) is 13.0 Å². The van der Waals surface area contributed by atoms with Crippen LogP contribution in [0.2, 0.25) is 0 Å². The summed E-state index contributed by atoms with van der Waals surface area (Å²) in [7, 11) is -3.59. The molecule has 1 N–H and O–H groups in total. The number of carbonyl (C=O) groups excluding carboxylic acids is 1. The van der Waals surface area contributed by atoms with E-state index in [1.54, 1.807) is 23.1 Å². The van der Waals surface area contributed by atoms with Gasteiger partial charge < -0.3 is 4.90 Å². The van der Waals surface area contributed by atoms with Crippen LogP contribution in [-0.2, 0) is 27.7 Å². The number of thiophene rings is 1. The molecule has 0 spiro atoms. The van der Waals surface area contributed by atoms with Crippen molar-refractivity contribution in [1.29, 1.82) is 0 Å². The van der Waals surface area contributed by atoms with Crippen molar-refractivity contribution in [1.82, 2.24) is 0 Å². The minimum atomic E-state index is -3.59. The Morgan fingerprint density at radius 3 is 2.74 bits per heavy atom. The molecule has 1 aliphatic rings. The minimum Gasteiger partial charge on any atom is -0.312 e. The van der Waals surface area contributed by atoms with Crippen molar-refractivity contribution in [2.24, 2.45) is 0 Å². The van der Waals surface area contributed by atoms with E-state index < -0.39 is 10.0 Å². The fourth-order valence-electron chi connectivity index (χ4n) is 2.67. The van der Waals surface area contributed by atoms with Crippen LogP contribution in [0.5, 0.6) is 0 Å². The molecule has 3 rings (SSSR count). The number of anilines is 2. The second-order valence-corrected chi connectivity index (χ2v) is 8.52. The first-order valence-electron chi connectivity index (χ1n) is 7.43. The molecule has 2 heterocycles. The zero-order valence-corrected chi connectivity index (χ0v) is 14.6. The average Bonchev–Trinajstić information content (AvgIpc) is 3.13. The number of fused-ring (bicyclic) bond motifs is 1. The van der Waals surface area contributed by atoms with Crippen LogP contribution in [0.4, 0.5) is 11.4 Å². The maximum Gasteiger partial charge on any atom is 0.271 e. The normalized spacial score (nSPS) is 13.9. The van der Waals surface area contributed by atoms with Crippen LogP contribution in [0, 0.1) is 0 Å². The summed E-state index contributed by atoms with van der Waals surface area (Å²) in [5, 5.41) is 0. The largest absolute Gasteiger partial charge is 0.312 e. The van der Waals surface area contributed by atoms with E-state index in [-0.39, 0.29) is 5.91 Å². The van der Waals surface area contributed by atoms with Crippen molar-refractivity contribution in [2.45, 2.75) is 30.9 Å². The summed E-state index contributed by atoms with van der Waals surface area (Å²) in [6.45, 7) is 4.15. The molecule has 1 aromatic carbocycles. The van der Waals surface area contributed by atoms with E-state index in [9.17, 15) is 13.2 Å². The molecule has 1 amide bonds. The third-order valence-corrected chi connectivity index (χ3v) is 6.97. The minimum absolute atomic E-state index is 0.0328. The number of rotatable bonds is 4. The third kappa shape index (κ3) is 3.11. The number of carbonyl (C=O) groups is 1. The second-order valence-electron chi connectivity index (χ2n) is 5.44. The molecule has 7 heteroatoms. The highest BCUT2D eigenvalue weighted by atomic mass is 32.2. The summed E-state index contributed by atoms with van der Waals surface area (Å²) in [5.74, 6) is -0.0328. The monoisotopic (exact) mass is 350 g/mol. The van der Waals surface area contributed by atoms with Gasteiger partial charge in [0.25, 0.3) is 10.0 Å². The van der Waals surface area contributed by atoms with E-state index in [0.717, 1.165) is 29.0 Å². The smallest absolute Gasteiger partial charge is 0.271 e. The van der Waals surface area contributed by atoms with Gasteiger partial charge in [-0.15, -0.1) is 11.3 Å². The van der Waals surface area contributed by atoms with Crippen molar-refractivity contribution in [2.75, 3.05) is 16.2 Å². The van der Waals surface area contributed by atoms with Crippen molar-refractivity contribution in [3.63, 3.8) is 0 Å². The van der Waals surface area contributed by atoms with Crippen LogP contribution < -0.4 is 9.62 Å². The lowest BCUT2D eigenvalue weighted by Crippen LogP contribution is -2.25. The number of amides is 1. The van der Waals surface area contributed by atoms with Crippen molar-refractivity contribution < 1.29 is 13.2 Å². The highest BCUT2D eigenvalue weighted by Crippen LogP contribution is 2.32. The molecule has 0 unspecified atom stereocenters.